The van der Waals surface area contributed by atoms with E-state index in [0.717, 1.165) is 26.2 Å². The number of hydrogen-bond donors (Lipinski definition) is 0. The molecule has 6 nitrogen and oxygen atoms in total. The topological polar surface area (TPSA) is 86.7 Å². The molecule has 0 atom stereocenters. The van der Waals surface area contributed by atoms with E-state index in [1.165, 1.54) is 0 Å². The van der Waals surface area contributed by atoms with Crippen molar-refractivity contribution in [3.8, 4) is 0 Å². The Hall–Kier alpha value is 0.860. The van der Waals surface area contributed by atoms with Crippen LogP contribution in [0.15, 0.2) is 0 Å². The third-order valence-corrected chi connectivity index (χ3v) is 2.89. The van der Waals surface area contributed by atoms with Crippen LogP contribution < -0.4 is 69.3 Å². The summed E-state index contributed by atoms with van der Waals surface area (Å²) >= 11 is 0. The number of rotatable bonds is 11. The summed E-state index contributed by atoms with van der Waals surface area (Å²) < 4.78 is 0. The minimum Gasteiger partial charge on any atom is -0.550 e. The summed E-state index contributed by atoms with van der Waals surface area (Å²) in [5, 5.41) is 20.7. The van der Waals surface area contributed by atoms with Crippen LogP contribution in [0.5, 0.6) is 0 Å². The summed E-state index contributed by atoms with van der Waals surface area (Å²) in [6.07, 6.45) is 0.0536. The number of nitrogens with zero attached hydrogens (tertiary/aromatic N) is 2. The molecule has 0 aromatic heterocycles. The van der Waals surface area contributed by atoms with E-state index in [0.29, 0.717) is 13.1 Å². The van der Waals surface area contributed by atoms with Crippen molar-refractivity contribution >= 4 is 11.9 Å². The van der Waals surface area contributed by atoms with Gasteiger partial charge in [0.2, 0.25) is 0 Å². The van der Waals surface area contributed by atoms with Crippen LogP contribution in [0.4, 0.5) is 0 Å². The van der Waals surface area contributed by atoms with E-state index in [-0.39, 0.29) is 72.0 Å². The Morgan fingerprint density at radius 3 is 1.25 bits per heavy atom. The number of aliphatic carboxylic acids is 2. The molecule has 0 amide bonds. The van der Waals surface area contributed by atoms with E-state index in [4.69, 9.17) is 0 Å². The van der Waals surface area contributed by atoms with Crippen molar-refractivity contribution in [1.82, 2.24) is 9.80 Å². The summed E-state index contributed by atoms with van der Waals surface area (Å²) in [5.74, 6) is -2.09. The quantitative estimate of drug-likeness (QED) is 0.352. The van der Waals surface area contributed by atoms with Crippen LogP contribution in [0.2, 0.25) is 0 Å². The fourth-order valence-corrected chi connectivity index (χ4v) is 1.64. The zero-order valence-electron chi connectivity index (χ0n) is 13.2. The molecular formula is C12H22N2Na2O4. The summed E-state index contributed by atoms with van der Waals surface area (Å²) in [5.41, 5.74) is 0. The van der Waals surface area contributed by atoms with Crippen LogP contribution in [0.25, 0.3) is 0 Å². The van der Waals surface area contributed by atoms with Gasteiger partial charge in [-0.25, -0.2) is 0 Å². The first kappa shape index (κ1) is 25.8. The summed E-state index contributed by atoms with van der Waals surface area (Å²) in [7, 11) is 0. The Morgan fingerprint density at radius 1 is 0.750 bits per heavy atom. The number of carbonyl (C=O) groups is 2. The Kier molecular flexibility index (Phi) is 20.9. The van der Waals surface area contributed by atoms with Gasteiger partial charge in [-0.2, -0.15) is 0 Å². The van der Waals surface area contributed by atoms with Gasteiger partial charge < -0.3 is 29.6 Å². The van der Waals surface area contributed by atoms with Gasteiger partial charge in [0, 0.05) is 38.1 Å². The minimum atomic E-state index is -1.04. The second-order valence-electron chi connectivity index (χ2n) is 4.11. The van der Waals surface area contributed by atoms with Gasteiger partial charge in [0.25, 0.3) is 0 Å². The van der Waals surface area contributed by atoms with Gasteiger partial charge in [0.15, 0.2) is 0 Å². The van der Waals surface area contributed by atoms with Crippen LogP contribution in [0.3, 0.4) is 0 Å². The zero-order chi connectivity index (χ0) is 14.0. The molecule has 20 heavy (non-hydrogen) atoms. The third kappa shape index (κ3) is 15.3. The van der Waals surface area contributed by atoms with E-state index < -0.39 is 11.9 Å². The summed E-state index contributed by atoms with van der Waals surface area (Å²) in [6.45, 7) is 7.86. The second-order valence-corrected chi connectivity index (χ2v) is 4.11. The van der Waals surface area contributed by atoms with Gasteiger partial charge in [-0.3, -0.25) is 0 Å². The number of carbonyl (C=O) groups excluding carboxylic acids is 2. The molecule has 0 aliphatic carbocycles. The van der Waals surface area contributed by atoms with E-state index in [2.05, 4.69) is 0 Å². The van der Waals surface area contributed by atoms with Crippen LogP contribution in [0, 0.1) is 0 Å². The number of likely N-dealkylation sites (N-methyl/N-ethyl adjacent to an activating group) is 2. The smallest absolute Gasteiger partial charge is 0.550 e. The average Bonchev–Trinajstić information content (AvgIpc) is 2.32. The molecule has 0 unspecified atom stereocenters. The van der Waals surface area contributed by atoms with Crippen LogP contribution in [-0.2, 0) is 9.59 Å². The average molecular weight is 304 g/mol. The Balaban J connectivity index is -0.00000144. The zero-order valence-corrected chi connectivity index (χ0v) is 17.2. The normalized spacial score (nSPS) is 10.0. The molecule has 0 fully saturated rings. The fourth-order valence-electron chi connectivity index (χ4n) is 1.64. The van der Waals surface area contributed by atoms with Gasteiger partial charge in [0.05, 0.1) is 0 Å². The SMILES string of the molecule is CCN(CCC(=O)[O-])CCN(CC)CCC(=O)[O-].[Na+].[Na+]. The molecule has 106 valence electrons. The van der Waals surface area contributed by atoms with E-state index in [1.807, 2.05) is 23.6 Å². The minimum absolute atomic E-state index is 0. The maximum atomic E-state index is 10.4. The van der Waals surface area contributed by atoms with Gasteiger partial charge >= 0.3 is 59.1 Å². The number of hydrogen-bond acceptors (Lipinski definition) is 6. The molecule has 0 heterocycles. The van der Waals surface area contributed by atoms with E-state index >= 15 is 0 Å². The van der Waals surface area contributed by atoms with E-state index in [1.54, 1.807) is 0 Å². The van der Waals surface area contributed by atoms with Gasteiger partial charge in [-0.15, -0.1) is 0 Å². The van der Waals surface area contributed by atoms with Gasteiger partial charge in [0.1, 0.15) is 0 Å². The van der Waals surface area contributed by atoms with Crippen LogP contribution in [-0.4, -0.2) is 61.0 Å². The first-order chi connectivity index (χ1) is 8.49. The molecule has 0 saturated carbocycles. The molecule has 0 aliphatic heterocycles. The van der Waals surface area contributed by atoms with Crippen LogP contribution >= 0.6 is 0 Å². The molecule has 0 aliphatic rings. The number of carboxylic acid groups (broad SMARTS) is 2. The predicted molar refractivity (Wildman–Crippen MR) is 63.5 cm³/mol. The maximum absolute atomic E-state index is 10.4. The molecule has 0 aromatic rings. The predicted octanol–water partition coefficient (Wildman–Crippen LogP) is -8.08. The third-order valence-electron chi connectivity index (χ3n) is 2.89. The molecule has 8 heteroatoms. The van der Waals surface area contributed by atoms with Crippen molar-refractivity contribution < 1.29 is 78.9 Å². The Morgan fingerprint density at radius 2 is 1.05 bits per heavy atom. The fraction of sp³-hybridized carbons (Fsp3) is 0.833. The molecule has 0 radical (unpaired) electrons. The number of carboxylic acids is 2. The largest absolute Gasteiger partial charge is 1.00 e. The van der Waals surface area contributed by atoms with Crippen molar-refractivity contribution in [2.45, 2.75) is 26.7 Å². The first-order valence-electron chi connectivity index (χ1n) is 6.34. The van der Waals surface area contributed by atoms with Crippen molar-refractivity contribution in [2.75, 3.05) is 39.3 Å². The molecule has 0 bridgehead atoms. The second kappa shape index (κ2) is 16.2. The van der Waals surface area contributed by atoms with Gasteiger partial charge in [-0.05, 0) is 25.9 Å². The molecular weight excluding hydrogens is 282 g/mol. The van der Waals surface area contributed by atoms with Gasteiger partial charge in [-0.1, -0.05) is 13.8 Å². The molecule has 0 saturated heterocycles. The van der Waals surface area contributed by atoms with E-state index in [9.17, 15) is 19.8 Å². The maximum Gasteiger partial charge on any atom is 1.00 e. The summed E-state index contributed by atoms with van der Waals surface area (Å²) in [6, 6.07) is 0. The Labute approximate surface area is 165 Å². The summed E-state index contributed by atoms with van der Waals surface area (Å²) in [4.78, 5) is 24.8. The van der Waals surface area contributed by atoms with Crippen molar-refractivity contribution in [1.29, 1.82) is 0 Å². The monoisotopic (exact) mass is 304 g/mol. The molecule has 0 rings (SSSR count). The molecule has 0 aromatic carbocycles. The van der Waals surface area contributed by atoms with Crippen LogP contribution in [0.1, 0.15) is 26.7 Å². The van der Waals surface area contributed by atoms with Crippen molar-refractivity contribution in [2.24, 2.45) is 0 Å². The molecule has 0 N–H and O–H groups in total. The standard InChI is InChI=1S/C12H24N2O4.2Na/c1-3-13(7-5-11(15)16)9-10-14(4-2)8-6-12(17)18;;/h3-10H2,1-2H3,(H,15,16)(H,17,18);;/q;2*+1/p-2. The van der Waals surface area contributed by atoms with Crippen molar-refractivity contribution in [3.05, 3.63) is 0 Å². The first-order valence-corrected chi connectivity index (χ1v) is 6.34. The Bertz CT molecular complexity index is 242. The molecule has 0 spiro atoms. The van der Waals surface area contributed by atoms with Crippen molar-refractivity contribution in [3.63, 3.8) is 0 Å².